The molecule has 0 saturated carbocycles. The normalized spacial score (nSPS) is 11.1. The third kappa shape index (κ3) is 7.33. The van der Waals surface area contributed by atoms with Crippen LogP contribution in [0.25, 0.3) is 38.6 Å². The number of rotatable bonds is 11. The fraction of sp³-hybridized carbons (Fsp3) is 0. The molecule has 0 N–H and O–H groups in total. The third-order valence-electron chi connectivity index (χ3n) is 11.9. The van der Waals surface area contributed by atoms with Crippen LogP contribution in [0.2, 0.25) is 0 Å². The van der Waals surface area contributed by atoms with Gasteiger partial charge in [0, 0.05) is 67.6 Å². The molecule has 0 atom stereocenters. The molecule has 0 aliphatic heterocycles. The van der Waals surface area contributed by atoms with Crippen molar-refractivity contribution in [2.75, 3.05) is 14.7 Å². The van der Waals surface area contributed by atoms with E-state index in [2.05, 4.69) is 286 Å². The van der Waals surface area contributed by atoms with Gasteiger partial charge in [-0.1, -0.05) is 140 Å². The first-order chi connectivity index (χ1) is 31.8. The summed E-state index contributed by atoms with van der Waals surface area (Å²) < 4.78 is 2.37. The summed E-state index contributed by atoms with van der Waals surface area (Å²) in [4.78, 5) is 7.01. The van der Waals surface area contributed by atoms with Crippen LogP contribution in [0.1, 0.15) is 0 Å². The number of fused-ring (bicyclic) bond motifs is 3. The van der Waals surface area contributed by atoms with E-state index in [4.69, 9.17) is 0 Å². The van der Waals surface area contributed by atoms with Crippen LogP contribution in [0.3, 0.4) is 0 Å². The average Bonchev–Trinajstić information content (AvgIpc) is 3.70. The van der Waals surface area contributed by atoms with E-state index in [1.165, 1.54) is 27.4 Å². The summed E-state index contributed by atoms with van der Waals surface area (Å²) in [6, 6.07) is 95.3. The number of benzene rings is 10. The molecule has 0 bridgehead atoms. The van der Waals surface area contributed by atoms with E-state index in [0.717, 1.165) is 62.4 Å². The summed E-state index contributed by atoms with van der Waals surface area (Å²) in [5, 5.41) is 2.48. The third-order valence-corrected chi connectivity index (χ3v) is 11.9. The highest BCUT2D eigenvalue weighted by atomic mass is 15.2. The van der Waals surface area contributed by atoms with Crippen molar-refractivity contribution in [2.24, 2.45) is 0 Å². The summed E-state index contributed by atoms with van der Waals surface area (Å²) in [6.45, 7) is 0. The van der Waals surface area contributed by atoms with Gasteiger partial charge in [-0.05, 0) is 139 Å². The first-order valence-corrected chi connectivity index (χ1v) is 21.8. The zero-order chi connectivity index (χ0) is 42.7. The second-order valence-corrected chi connectivity index (χ2v) is 15.9. The minimum atomic E-state index is 1.04. The van der Waals surface area contributed by atoms with Crippen molar-refractivity contribution in [2.45, 2.75) is 0 Å². The van der Waals surface area contributed by atoms with Gasteiger partial charge in [-0.25, -0.2) is 0 Å². The van der Waals surface area contributed by atoms with Crippen LogP contribution in [0.4, 0.5) is 51.2 Å². The fourth-order valence-corrected chi connectivity index (χ4v) is 9.00. The van der Waals surface area contributed by atoms with Gasteiger partial charge in [0.15, 0.2) is 0 Å². The largest absolute Gasteiger partial charge is 0.310 e. The molecule has 0 spiro atoms. The maximum Gasteiger partial charge on any atom is 0.0541 e. The quantitative estimate of drug-likeness (QED) is 0.129. The van der Waals surface area contributed by atoms with E-state index < -0.39 is 0 Å². The molecule has 0 aliphatic rings. The fourth-order valence-electron chi connectivity index (χ4n) is 9.00. The number of nitrogens with zero attached hydrogens (tertiary/aromatic N) is 4. The Morgan fingerprint density at radius 3 is 1.03 bits per heavy atom. The Labute approximate surface area is 374 Å². The van der Waals surface area contributed by atoms with Crippen LogP contribution in [-0.4, -0.2) is 4.57 Å². The molecule has 1 aromatic heterocycles. The molecule has 0 amide bonds. The molecule has 0 unspecified atom stereocenters. The van der Waals surface area contributed by atoms with Gasteiger partial charge in [0.05, 0.1) is 11.0 Å². The van der Waals surface area contributed by atoms with Gasteiger partial charge in [0.25, 0.3) is 0 Å². The van der Waals surface area contributed by atoms with Gasteiger partial charge >= 0.3 is 0 Å². The molecule has 0 saturated heterocycles. The Balaban J connectivity index is 1.04. The van der Waals surface area contributed by atoms with Crippen molar-refractivity contribution in [1.82, 2.24) is 4.57 Å². The summed E-state index contributed by atoms with van der Waals surface area (Å²) >= 11 is 0. The molecular formula is C60H44N4. The maximum atomic E-state index is 2.37. The van der Waals surface area contributed by atoms with Crippen molar-refractivity contribution >= 4 is 73.0 Å². The lowest BCUT2D eigenvalue weighted by atomic mass is 10.0. The molecule has 0 radical (unpaired) electrons. The van der Waals surface area contributed by atoms with Crippen molar-refractivity contribution < 1.29 is 0 Å². The van der Waals surface area contributed by atoms with E-state index in [1.807, 2.05) is 0 Å². The van der Waals surface area contributed by atoms with Crippen LogP contribution in [0.15, 0.2) is 267 Å². The Morgan fingerprint density at radius 2 is 0.562 bits per heavy atom. The molecular weight excluding hydrogens is 777 g/mol. The molecule has 4 nitrogen and oxygen atoms in total. The number of anilines is 9. The lowest BCUT2D eigenvalue weighted by Crippen LogP contribution is -2.14. The predicted octanol–water partition coefficient (Wildman–Crippen LogP) is 16.9. The van der Waals surface area contributed by atoms with Crippen LogP contribution in [0, 0.1) is 0 Å². The van der Waals surface area contributed by atoms with Crippen molar-refractivity contribution in [1.29, 1.82) is 0 Å². The van der Waals surface area contributed by atoms with Crippen molar-refractivity contribution in [3.05, 3.63) is 267 Å². The minimum absolute atomic E-state index is 1.04. The Bertz CT molecular complexity index is 3110. The Morgan fingerprint density at radius 1 is 0.219 bits per heavy atom. The molecule has 0 fully saturated rings. The van der Waals surface area contributed by atoms with Crippen molar-refractivity contribution in [3.63, 3.8) is 0 Å². The topological polar surface area (TPSA) is 14.7 Å². The van der Waals surface area contributed by atoms with Crippen LogP contribution in [0.5, 0.6) is 0 Å². The summed E-state index contributed by atoms with van der Waals surface area (Å²) in [5.41, 5.74) is 15.5. The zero-order valence-corrected chi connectivity index (χ0v) is 35.2. The standard InChI is InChI=1S/C60H44N4/c1-6-20-47(21-7-1)61(48-22-8-2-9-23-48)53-30-18-32-55(43-53)63(56-33-19-31-54(44-56)62(49-24-10-3-11-25-49)50-26-12-4-13-27-50)52-39-36-45(37-40-52)46-38-41-60-58(42-46)57-34-16-17-35-59(57)64(60)51-28-14-5-15-29-51/h1-44H. The highest BCUT2D eigenvalue weighted by Gasteiger charge is 2.20. The minimum Gasteiger partial charge on any atom is -0.310 e. The molecule has 304 valence electrons. The molecule has 1 heterocycles. The predicted molar refractivity (Wildman–Crippen MR) is 270 cm³/mol. The monoisotopic (exact) mass is 820 g/mol. The van der Waals surface area contributed by atoms with Gasteiger partial charge < -0.3 is 19.3 Å². The second kappa shape index (κ2) is 17.0. The summed E-state index contributed by atoms with van der Waals surface area (Å²) in [5.74, 6) is 0. The molecule has 64 heavy (non-hydrogen) atoms. The van der Waals surface area contributed by atoms with Gasteiger partial charge in [-0.3, -0.25) is 0 Å². The highest BCUT2D eigenvalue weighted by molar-refractivity contribution is 6.10. The average molecular weight is 821 g/mol. The van der Waals surface area contributed by atoms with Crippen LogP contribution >= 0.6 is 0 Å². The molecule has 11 aromatic rings. The second-order valence-electron chi connectivity index (χ2n) is 15.9. The highest BCUT2D eigenvalue weighted by Crippen LogP contribution is 2.44. The van der Waals surface area contributed by atoms with Crippen molar-refractivity contribution in [3.8, 4) is 16.8 Å². The van der Waals surface area contributed by atoms with E-state index in [0.29, 0.717) is 0 Å². The molecule has 10 aromatic carbocycles. The van der Waals surface area contributed by atoms with Crippen LogP contribution < -0.4 is 14.7 Å². The van der Waals surface area contributed by atoms with Gasteiger partial charge in [-0.15, -0.1) is 0 Å². The van der Waals surface area contributed by atoms with E-state index in [1.54, 1.807) is 0 Å². The first-order valence-electron chi connectivity index (χ1n) is 21.8. The van der Waals surface area contributed by atoms with Gasteiger partial charge in [0.2, 0.25) is 0 Å². The summed E-state index contributed by atoms with van der Waals surface area (Å²) in [6.07, 6.45) is 0. The number of hydrogen-bond acceptors (Lipinski definition) is 3. The number of hydrogen-bond donors (Lipinski definition) is 0. The first kappa shape index (κ1) is 38.3. The lowest BCUT2D eigenvalue weighted by Gasteiger charge is -2.31. The van der Waals surface area contributed by atoms with Gasteiger partial charge in [0.1, 0.15) is 0 Å². The maximum absolute atomic E-state index is 2.37. The number of para-hydroxylation sites is 6. The lowest BCUT2D eigenvalue weighted by molar-refractivity contribution is 1.18. The Hall–Kier alpha value is -8.60. The van der Waals surface area contributed by atoms with E-state index in [9.17, 15) is 0 Å². The molecule has 4 heteroatoms. The van der Waals surface area contributed by atoms with Gasteiger partial charge in [-0.2, -0.15) is 0 Å². The smallest absolute Gasteiger partial charge is 0.0541 e. The van der Waals surface area contributed by atoms with E-state index in [-0.39, 0.29) is 0 Å². The molecule has 11 rings (SSSR count). The van der Waals surface area contributed by atoms with Crippen LogP contribution in [-0.2, 0) is 0 Å². The van der Waals surface area contributed by atoms with E-state index >= 15 is 0 Å². The number of aromatic nitrogens is 1. The Kier molecular flexibility index (Phi) is 10.2. The SMILES string of the molecule is c1ccc(N(c2ccccc2)c2cccc(N(c3ccc(-c4ccc5c(c4)c4ccccc4n5-c4ccccc4)cc3)c3cccc(N(c4ccccc4)c4ccccc4)c3)c2)cc1. The molecule has 0 aliphatic carbocycles. The zero-order valence-electron chi connectivity index (χ0n) is 35.2. The summed E-state index contributed by atoms with van der Waals surface area (Å²) in [7, 11) is 0.